The van der Waals surface area contributed by atoms with Gasteiger partial charge in [0.25, 0.3) is 5.91 Å². The Balaban J connectivity index is 2.44. The van der Waals surface area contributed by atoms with Crippen molar-refractivity contribution in [3.05, 3.63) is 10.5 Å². The fraction of sp³-hybridized carbons (Fsp3) is 0.333. The van der Waals surface area contributed by atoms with Crippen LogP contribution < -0.4 is 0 Å². The van der Waals surface area contributed by atoms with Crippen molar-refractivity contribution < 1.29 is 4.79 Å². The second-order valence-corrected chi connectivity index (χ2v) is 3.14. The van der Waals surface area contributed by atoms with Gasteiger partial charge in [-0.05, 0) is 6.42 Å². The van der Waals surface area contributed by atoms with Crippen LogP contribution in [0.4, 0.5) is 0 Å². The third-order valence-electron chi connectivity index (χ3n) is 1.46. The minimum Gasteiger partial charge on any atom is -0.267 e. The molecule has 0 aromatic heterocycles. The standard InChI is InChI=1S/C6H5NOS/c8-6-4-1-2-9-5(4)3-7-6/h3H,1-2H2. The number of nitrogens with zero attached hydrogens (tertiary/aromatic N) is 1. The summed E-state index contributed by atoms with van der Waals surface area (Å²) in [5.41, 5.74) is 0.931. The van der Waals surface area contributed by atoms with E-state index >= 15 is 0 Å². The van der Waals surface area contributed by atoms with Crippen molar-refractivity contribution in [1.82, 2.24) is 0 Å². The van der Waals surface area contributed by atoms with Gasteiger partial charge in [-0.2, -0.15) is 0 Å². The highest BCUT2D eigenvalue weighted by molar-refractivity contribution is 8.04. The fourth-order valence-electron chi connectivity index (χ4n) is 0.996. The number of allylic oxidation sites excluding steroid dienone is 1. The maximum Gasteiger partial charge on any atom is 0.274 e. The van der Waals surface area contributed by atoms with Gasteiger partial charge in [-0.25, -0.2) is 4.99 Å². The number of aliphatic imine (C=N–C) groups is 1. The third-order valence-corrected chi connectivity index (χ3v) is 2.54. The SMILES string of the molecule is O=C1N=CC2=C1CCS2. The summed E-state index contributed by atoms with van der Waals surface area (Å²) in [4.78, 5) is 15.5. The molecule has 2 aliphatic rings. The summed E-state index contributed by atoms with van der Waals surface area (Å²) < 4.78 is 0. The van der Waals surface area contributed by atoms with Gasteiger partial charge in [-0.1, -0.05) is 0 Å². The highest BCUT2D eigenvalue weighted by Crippen LogP contribution is 2.33. The van der Waals surface area contributed by atoms with Gasteiger partial charge in [0.05, 0.1) is 0 Å². The molecule has 3 heteroatoms. The molecule has 0 saturated heterocycles. The first-order chi connectivity index (χ1) is 4.38. The summed E-state index contributed by atoms with van der Waals surface area (Å²) >= 11 is 1.73. The van der Waals surface area contributed by atoms with E-state index in [1.165, 1.54) is 0 Å². The number of thioether (sulfide) groups is 1. The molecular weight excluding hydrogens is 134 g/mol. The van der Waals surface area contributed by atoms with E-state index in [1.54, 1.807) is 18.0 Å². The van der Waals surface area contributed by atoms with E-state index in [4.69, 9.17) is 0 Å². The number of carbonyl (C=O) groups is 1. The first-order valence-electron chi connectivity index (χ1n) is 2.82. The topological polar surface area (TPSA) is 29.4 Å². The van der Waals surface area contributed by atoms with Gasteiger partial charge < -0.3 is 0 Å². The Bertz CT molecular complexity index is 223. The molecule has 0 saturated carbocycles. The third kappa shape index (κ3) is 0.645. The Morgan fingerprint density at radius 2 is 2.56 bits per heavy atom. The summed E-state index contributed by atoms with van der Waals surface area (Å²) in [6, 6.07) is 0. The van der Waals surface area contributed by atoms with Gasteiger partial charge in [0.1, 0.15) is 0 Å². The van der Waals surface area contributed by atoms with E-state index in [0.717, 1.165) is 22.7 Å². The number of hydrogen-bond donors (Lipinski definition) is 0. The second-order valence-electron chi connectivity index (χ2n) is 2.00. The van der Waals surface area contributed by atoms with Gasteiger partial charge in [0, 0.05) is 22.4 Å². The number of carbonyl (C=O) groups excluding carboxylic acids is 1. The first kappa shape index (κ1) is 5.23. The molecule has 0 fully saturated rings. The Labute approximate surface area is 57.0 Å². The van der Waals surface area contributed by atoms with Crippen LogP contribution in [0.3, 0.4) is 0 Å². The van der Waals surface area contributed by atoms with Crippen LogP contribution in [0.2, 0.25) is 0 Å². The maximum atomic E-state index is 10.8. The molecule has 0 unspecified atom stereocenters. The highest BCUT2D eigenvalue weighted by atomic mass is 32.2. The average molecular weight is 139 g/mol. The summed E-state index contributed by atoms with van der Waals surface area (Å²) in [7, 11) is 0. The molecule has 9 heavy (non-hydrogen) atoms. The van der Waals surface area contributed by atoms with Crippen LogP contribution in [-0.2, 0) is 4.79 Å². The molecule has 0 aromatic rings. The number of hydrogen-bond acceptors (Lipinski definition) is 2. The van der Waals surface area contributed by atoms with Crippen LogP contribution in [0, 0.1) is 0 Å². The van der Waals surface area contributed by atoms with Gasteiger partial charge in [-0.3, -0.25) is 4.79 Å². The Morgan fingerprint density at radius 3 is 3.33 bits per heavy atom. The summed E-state index contributed by atoms with van der Waals surface area (Å²) in [6.07, 6.45) is 2.59. The molecule has 46 valence electrons. The van der Waals surface area contributed by atoms with Crippen LogP contribution in [0.25, 0.3) is 0 Å². The van der Waals surface area contributed by atoms with Crippen LogP contribution in [-0.4, -0.2) is 17.9 Å². The molecule has 0 aliphatic carbocycles. The number of amides is 1. The van der Waals surface area contributed by atoms with Crippen molar-refractivity contribution in [3.8, 4) is 0 Å². The Hall–Kier alpha value is -0.570. The molecular formula is C6H5NOS. The molecule has 0 radical (unpaired) electrons. The van der Waals surface area contributed by atoms with E-state index < -0.39 is 0 Å². The average Bonchev–Trinajstić information content (AvgIpc) is 2.35. The minimum atomic E-state index is -0.0185. The predicted octanol–water partition coefficient (Wildman–Crippen LogP) is 0.988. The zero-order chi connectivity index (χ0) is 6.27. The zero-order valence-corrected chi connectivity index (χ0v) is 5.57. The lowest BCUT2D eigenvalue weighted by atomic mass is 10.2. The lowest BCUT2D eigenvalue weighted by molar-refractivity contribution is -0.114. The predicted molar refractivity (Wildman–Crippen MR) is 37.6 cm³/mol. The van der Waals surface area contributed by atoms with E-state index in [1.807, 2.05) is 0 Å². The molecule has 1 amide bonds. The van der Waals surface area contributed by atoms with E-state index in [-0.39, 0.29) is 5.91 Å². The van der Waals surface area contributed by atoms with Crippen molar-refractivity contribution >= 4 is 23.9 Å². The van der Waals surface area contributed by atoms with Crippen molar-refractivity contribution in [2.75, 3.05) is 5.75 Å². The Morgan fingerprint density at radius 1 is 1.67 bits per heavy atom. The smallest absolute Gasteiger partial charge is 0.267 e. The molecule has 2 nitrogen and oxygen atoms in total. The largest absolute Gasteiger partial charge is 0.274 e. The molecule has 0 atom stereocenters. The van der Waals surface area contributed by atoms with Gasteiger partial charge in [0.15, 0.2) is 0 Å². The van der Waals surface area contributed by atoms with Crippen molar-refractivity contribution in [2.45, 2.75) is 6.42 Å². The molecule has 0 spiro atoms. The fourth-order valence-corrected chi connectivity index (χ4v) is 2.01. The summed E-state index contributed by atoms with van der Waals surface area (Å²) in [6.45, 7) is 0. The molecule has 2 rings (SSSR count). The highest BCUT2D eigenvalue weighted by Gasteiger charge is 2.23. The van der Waals surface area contributed by atoms with E-state index in [9.17, 15) is 4.79 Å². The van der Waals surface area contributed by atoms with Crippen LogP contribution in [0.15, 0.2) is 15.5 Å². The molecule has 2 heterocycles. The molecule has 2 aliphatic heterocycles. The zero-order valence-electron chi connectivity index (χ0n) is 4.76. The monoisotopic (exact) mass is 139 g/mol. The lowest BCUT2D eigenvalue weighted by Gasteiger charge is -1.85. The van der Waals surface area contributed by atoms with Crippen LogP contribution in [0.5, 0.6) is 0 Å². The van der Waals surface area contributed by atoms with Crippen molar-refractivity contribution in [3.63, 3.8) is 0 Å². The van der Waals surface area contributed by atoms with Gasteiger partial charge >= 0.3 is 0 Å². The van der Waals surface area contributed by atoms with Gasteiger partial charge in [0.2, 0.25) is 0 Å². The number of rotatable bonds is 0. The summed E-state index contributed by atoms with van der Waals surface area (Å²) in [5, 5.41) is 0. The van der Waals surface area contributed by atoms with E-state index in [2.05, 4.69) is 4.99 Å². The first-order valence-corrected chi connectivity index (χ1v) is 3.81. The second kappa shape index (κ2) is 1.70. The van der Waals surface area contributed by atoms with Crippen LogP contribution >= 0.6 is 11.8 Å². The maximum absolute atomic E-state index is 10.8. The van der Waals surface area contributed by atoms with Crippen molar-refractivity contribution in [1.29, 1.82) is 0 Å². The normalized spacial score (nSPS) is 23.8. The van der Waals surface area contributed by atoms with Gasteiger partial charge in [-0.15, -0.1) is 11.8 Å². The molecule has 0 bridgehead atoms. The summed E-state index contributed by atoms with van der Waals surface area (Å²) in [5.74, 6) is 1.04. The van der Waals surface area contributed by atoms with E-state index in [0.29, 0.717) is 0 Å². The Kier molecular flexibility index (Phi) is 0.990. The van der Waals surface area contributed by atoms with Crippen molar-refractivity contribution in [2.24, 2.45) is 4.99 Å². The molecule has 0 aromatic carbocycles. The molecule has 0 N–H and O–H groups in total. The lowest BCUT2D eigenvalue weighted by Crippen LogP contribution is -1.91. The minimum absolute atomic E-state index is 0.0185. The quantitative estimate of drug-likeness (QED) is 0.501. The van der Waals surface area contributed by atoms with Crippen LogP contribution in [0.1, 0.15) is 6.42 Å².